The first-order chi connectivity index (χ1) is 17.6. The third-order valence-corrected chi connectivity index (χ3v) is 9.31. The van der Waals surface area contributed by atoms with Crippen molar-refractivity contribution in [3.05, 3.63) is 58.5 Å². The number of β-lactam (4-membered cyclic amide) rings is 1. The van der Waals surface area contributed by atoms with Gasteiger partial charge in [0.1, 0.15) is 18.4 Å². The largest absolute Gasteiger partial charge is 0.477 e. The number of nitrogens with one attached hydrogen (secondary N) is 1. The minimum atomic E-state index is -1.12. The van der Waals surface area contributed by atoms with Crippen LogP contribution in [0.2, 0.25) is 0 Å². The summed E-state index contributed by atoms with van der Waals surface area (Å²) in [5.41, 5.74) is 8.43. The van der Waals surface area contributed by atoms with Crippen molar-refractivity contribution in [2.75, 3.05) is 6.26 Å². The lowest BCUT2D eigenvalue weighted by Crippen LogP contribution is -2.63. The molecule has 0 aliphatic carbocycles. The van der Waals surface area contributed by atoms with Crippen LogP contribution in [0.5, 0.6) is 0 Å². The first-order valence-corrected chi connectivity index (χ1v) is 14.2. The standard InChI is InChI=1S/C25H27N5O4S3/c1-12-17(20(24(33)34)30-19(12)18(13(2)31)21(30)32)16-10-29-11-28(22(36-3)23(29)37-16)9-15-6-4-14(5-7-15)8-27-25(26)35/h4-7,10-13,18-19,31H,8-9H2,1-3H3,(H3-,26,27,33,34,35)/p+1/t12-,13+,18+,19+/m0/s1. The highest BCUT2D eigenvalue weighted by Gasteiger charge is 2.60. The number of thiocarbonyl (C=S) groups is 1. The Balaban J connectivity index is 1.45. The highest BCUT2D eigenvalue weighted by atomic mass is 32.2. The predicted molar refractivity (Wildman–Crippen MR) is 146 cm³/mol. The second-order valence-electron chi connectivity index (χ2n) is 9.42. The number of carbonyl (C=O) groups is 2. The molecule has 0 saturated carbocycles. The number of fused-ring (bicyclic) bond motifs is 2. The minimum absolute atomic E-state index is 0.0347. The molecule has 0 spiro atoms. The Morgan fingerprint density at radius 3 is 2.59 bits per heavy atom. The number of nitrogens with zero attached hydrogens (tertiary/aromatic N) is 3. The number of rotatable bonds is 8. The lowest BCUT2D eigenvalue weighted by molar-refractivity contribution is -0.721. The number of amides is 1. The number of carboxylic acids is 1. The molecule has 4 heterocycles. The fourth-order valence-electron chi connectivity index (χ4n) is 5.42. The summed E-state index contributed by atoms with van der Waals surface area (Å²) in [6.07, 6.45) is 5.16. The summed E-state index contributed by atoms with van der Waals surface area (Å²) >= 11 is 8.02. The van der Waals surface area contributed by atoms with E-state index >= 15 is 0 Å². The van der Waals surface area contributed by atoms with Crippen molar-refractivity contribution in [2.45, 2.75) is 44.1 Å². The van der Waals surface area contributed by atoms with Crippen molar-refractivity contribution in [3.8, 4) is 0 Å². The van der Waals surface area contributed by atoms with Gasteiger partial charge in [-0.05, 0) is 36.5 Å². The van der Waals surface area contributed by atoms with Crippen molar-refractivity contribution in [1.29, 1.82) is 0 Å². The van der Waals surface area contributed by atoms with Gasteiger partial charge < -0.3 is 26.2 Å². The van der Waals surface area contributed by atoms with E-state index < -0.39 is 18.0 Å². The van der Waals surface area contributed by atoms with E-state index in [9.17, 15) is 19.8 Å². The van der Waals surface area contributed by atoms with Gasteiger partial charge in [-0.1, -0.05) is 54.3 Å². The second-order valence-corrected chi connectivity index (χ2v) is 11.7. The maximum atomic E-state index is 12.7. The molecule has 3 aromatic rings. The summed E-state index contributed by atoms with van der Waals surface area (Å²) in [5, 5.41) is 24.4. The number of carboxylic acid groups (broad SMARTS) is 1. The third-order valence-electron chi connectivity index (χ3n) is 7.08. The topological polar surface area (TPSA) is 124 Å². The van der Waals surface area contributed by atoms with Crippen molar-refractivity contribution in [3.63, 3.8) is 0 Å². The molecule has 1 aromatic carbocycles. The molecule has 5 N–H and O–H groups in total. The van der Waals surface area contributed by atoms with Gasteiger partial charge in [-0.2, -0.15) is 4.40 Å². The van der Waals surface area contributed by atoms with E-state index in [1.165, 1.54) is 16.2 Å². The molecule has 5 rings (SSSR count). The Kier molecular flexibility index (Phi) is 6.77. The van der Waals surface area contributed by atoms with Gasteiger partial charge in [-0.15, -0.1) is 0 Å². The Morgan fingerprint density at radius 2 is 2.00 bits per heavy atom. The number of benzene rings is 1. The van der Waals surface area contributed by atoms with Crippen LogP contribution < -0.4 is 15.6 Å². The van der Waals surface area contributed by atoms with Crippen LogP contribution in [-0.4, -0.2) is 54.9 Å². The number of aliphatic hydroxyl groups excluding tert-OH is 1. The Morgan fingerprint density at radius 1 is 1.32 bits per heavy atom. The molecule has 2 aliphatic heterocycles. The maximum absolute atomic E-state index is 12.7. The van der Waals surface area contributed by atoms with Gasteiger partial charge in [0.2, 0.25) is 15.8 Å². The summed E-state index contributed by atoms with van der Waals surface area (Å²) in [6, 6.07) is 7.91. The van der Waals surface area contributed by atoms with E-state index in [-0.39, 0.29) is 28.7 Å². The number of nitrogens with two attached hydrogens (primary N) is 1. The molecule has 2 aromatic heterocycles. The smallest absolute Gasteiger partial charge is 0.352 e. The van der Waals surface area contributed by atoms with E-state index in [0.29, 0.717) is 18.7 Å². The summed E-state index contributed by atoms with van der Waals surface area (Å²) in [6.45, 7) is 4.79. The summed E-state index contributed by atoms with van der Waals surface area (Å²) in [7, 11) is 0. The van der Waals surface area contributed by atoms with Crippen LogP contribution in [0.3, 0.4) is 0 Å². The van der Waals surface area contributed by atoms with Gasteiger partial charge in [-0.3, -0.25) is 4.79 Å². The summed E-state index contributed by atoms with van der Waals surface area (Å²) in [4.78, 5) is 28.1. The highest BCUT2D eigenvalue weighted by molar-refractivity contribution is 7.98. The molecule has 0 radical (unpaired) electrons. The average Bonchev–Trinajstić information content (AvgIpc) is 3.45. The van der Waals surface area contributed by atoms with E-state index in [1.807, 2.05) is 42.2 Å². The molecular weight excluding hydrogens is 531 g/mol. The third kappa shape index (κ3) is 4.31. The lowest BCUT2D eigenvalue weighted by Gasteiger charge is -2.46. The Labute approximate surface area is 227 Å². The minimum Gasteiger partial charge on any atom is -0.477 e. The Bertz CT molecular complexity index is 1440. The molecule has 37 heavy (non-hydrogen) atoms. The van der Waals surface area contributed by atoms with Crippen LogP contribution in [0.25, 0.3) is 10.4 Å². The van der Waals surface area contributed by atoms with Crippen molar-refractivity contribution in [2.24, 2.45) is 17.6 Å². The van der Waals surface area contributed by atoms with Gasteiger partial charge in [0.15, 0.2) is 5.11 Å². The number of aliphatic carboxylic acids is 1. The SMILES string of the molecule is CSc1c2sc(C3=C(C(=O)O)N4C(=O)[C@H]([C@@H](C)O)[C@H]4[C@H]3C)cn2c[n+]1Cc1ccc(CNC(N)=S)cc1. The number of hydrogen-bond acceptors (Lipinski definition) is 6. The molecule has 4 atom stereocenters. The summed E-state index contributed by atoms with van der Waals surface area (Å²) < 4.78 is 4.20. The number of imidazole rings is 1. The van der Waals surface area contributed by atoms with Crippen molar-refractivity contribution < 1.29 is 24.4 Å². The molecule has 1 fully saturated rings. The van der Waals surface area contributed by atoms with Gasteiger partial charge >= 0.3 is 5.97 Å². The first-order valence-electron chi connectivity index (χ1n) is 11.8. The number of aromatic nitrogens is 2. The van der Waals surface area contributed by atoms with Gasteiger partial charge in [0, 0.05) is 18.0 Å². The van der Waals surface area contributed by atoms with Crippen LogP contribution in [0.1, 0.15) is 29.9 Å². The van der Waals surface area contributed by atoms with E-state index in [2.05, 4.69) is 22.0 Å². The zero-order chi connectivity index (χ0) is 26.6. The number of carbonyl (C=O) groups excluding carboxylic acids is 1. The lowest BCUT2D eigenvalue weighted by atomic mass is 9.77. The van der Waals surface area contributed by atoms with Gasteiger partial charge in [-0.25, -0.2) is 9.36 Å². The second kappa shape index (κ2) is 9.75. The highest BCUT2D eigenvalue weighted by Crippen LogP contribution is 2.51. The quantitative estimate of drug-likeness (QED) is 0.143. The number of aliphatic hydroxyl groups is 1. The van der Waals surface area contributed by atoms with Crippen LogP contribution in [0.15, 0.2) is 47.5 Å². The molecule has 12 heteroatoms. The van der Waals surface area contributed by atoms with Crippen LogP contribution >= 0.6 is 35.3 Å². The fraction of sp³-hybridized carbons (Fsp3) is 0.360. The normalized spacial score (nSPS) is 21.8. The first kappa shape index (κ1) is 25.7. The van der Waals surface area contributed by atoms with Gasteiger partial charge in [0.25, 0.3) is 6.33 Å². The van der Waals surface area contributed by atoms with Crippen LogP contribution in [-0.2, 0) is 22.7 Å². The molecule has 0 bridgehead atoms. The van der Waals surface area contributed by atoms with E-state index in [0.717, 1.165) is 25.9 Å². The predicted octanol–water partition coefficient (Wildman–Crippen LogP) is 2.04. The number of thiazole rings is 1. The molecule has 0 unspecified atom stereocenters. The number of thioether (sulfide) groups is 1. The van der Waals surface area contributed by atoms with Crippen molar-refractivity contribution in [1.82, 2.24) is 14.6 Å². The van der Waals surface area contributed by atoms with Crippen LogP contribution in [0.4, 0.5) is 0 Å². The van der Waals surface area contributed by atoms with E-state index in [4.69, 9.17) is 18.0 Å². The monoisotopic (exact) mass is 558 g/mol. The average molecular weight is 559 g/mol. The molecule has 1 amide bonds. The zero-order valence-electron chi connectivity index (χ0n) is 20.5. The molecule has 1 saturated heterocycles. The van der Waals surface area contributed by atoms with Crippen LogP contribution in [0, 0.1) is 11.8 Å². The van der Waals surface area contributed by atoms with Crippen molar-refractivity contribution >= 4 is 62.7 Å². The zero-order valence-corrected chi connectivity index (χ0v) is 23.0. The maximum Gasteiger partial charge on any atom is 0.352 e. The fourth-order valence-corrected chi connectivity index (χ4v) is 7.67. The molecule has 194 valence electrons. The molecular formula is C25H28N5O4S3+. The summed E-state index contributed by atoms with van der Waals surface area (Å²) in [5.74, 6) is -2.21. The molecule has 2 aliphatic rings. The Hall–Kier alpha value is -2.93. The van der Waals surface area contributed by atoms with E-state index in [1.54, 1.807) is 18.7 Å². The van der Waals surface area contributed by atoms with Gasteiger partial charge in [0.05, 0.1) is 22.9 Å². The molecule has 9 nitrogen and oxygen atoms in total. The number of hydrogen-bond donors (Lipinski definition) is 4.